The summed E-state index contributed by atoms with van der Waals surface area (Å²) in [6.07, 6.45) is 0. The van der Waals surface area contributed by atoms with E-state index >= 15 is 0 Å². The molecular formula is C17H19N3O4S. The molecule has 0 bridgehead atoms. The number of carbonyl (C=O) groups excluding carboxylic acids is 1. The summed E-state index contributed by atoms with van der Waals surface area (Å²) in [5, 5.41) is 8.83. The van der Waals surface area contributed by atoms with Gasteiger partial charge in [0.05, 0.1) is 10.5 Å². The van der Waals surface area contributed by atoms with Crippen LogP contribution in [0.4, 0.5) is 5.69 Å². The number of hydroxylamine groups is 1. The van der Waals surface area contributed by atoms with Gasteiger partial charge in [-0.05, 0) is 24.3 Å². The Labute approximate surface area is 146 Å². The van der Waals surface area contributed by atoms with E-state index in [-0.39, 0.29) is 10.5 Å². The van der Waals surface area contributed by atoms with Crippen LogP contribution in [-0.4, -0.2) is 50.0 Å². The van der Waals surface area contributed by atoms with Crippen LogP contribution >= 0.6 is 0 Å². The maximum absolute atomic E-state index is 12.9. The number of hydrogen-bond acceptors (Lipinski definition) is 5. The zero-order valence-corrected chi connectivity index (χ0v) is 14.3. The van der Waals surface area contributed by atoms with Crippen LogP contribution in [-0.2, 0) is 10.0 Å². The summed E-state index contributed by atoms with van der Waals surface area (Å²) in [6, 6.07) is 15.7. The molecule has 0 radical (unpaired) electrons. The third-order valence-corrected chi connectivity index (χ3v) is 6.17. The number of nitrogens with zero attached hydrogens (tertiary/aromatic N) is 2. The van der Waals surface area contributed by atoms with E-state index < -0.39 is 15.9 Å². The second kappa shape index (κ2) is 7.22. The minimum Gasteiger partial charge on any atom is -0.369 e. The van der Waals surface area contributed by atoms with Crippen LogP contribution in [0.1, 0.15) is 10.4 Å². The normalized spacial score (nSPS) is 15.8. The Morgan fingerprint density at radius 1 is 0.920 bits per heavy atom. The quantitative estimate of drug-likeness (QED) is 0.633. The van der Waals surface area contributed by atoms with Crippen LogP contribution in [0.15, 0.2) is 59.5 Å². The van der Waals surface area contributed by atoms with E-state index in [4.69, 9.17) is 5.21 Å². The Morgan fingerprint density at radius 3 is 2.16 bits per heavy atom. The van der Waals surface area contributed by atoms with Gasteiger partial charge in [-0.2, -0.15) is 4.31 Å². The molecule has 1 amide bonds. The van der Waals surface area contributed by atoms with Crippen LogP contribution < -0.4 is 10.4 Å². The maximum Gasteiger partial charge on any atom is 0.276 e. The number of rotatable bonds is 4. The van der Waals surface area contributed by atoms with Crippen molar-refractivity contribution in [2.45, 2.75) is 4.90 Å². The molecule has 0 atom stereocenters. The molecule has 8 heteroatoms. The minimum atomic E-state index is -3.82. The lowest BCUT2D eigenvalue weighted by molar-refractivity contribution is 0.0702. The zero-order chi connectivity index (χ0) is 17.9. The molecule has 132 valence electrons. The molecule has 0 unspecified atom stereocenters. The predicted octanol–water partition coefficient (Wildman–Crippen LogP) is 1.32. The van der Waals surface area contributed by atoms with Gasteiger partial charge in [0, 0.05) is 31.9 Å². The second-order valence-electron chi connectivity index (χ2n) is 5.66. The van der Waals surface area contributed by atoms with E-state index in [1.807, 2.05) is 30.3 Å². The number of para-hydroxylation sites is 1. The first kappa shape index (κ1) is 17.4. The highest BCUT2D eigenvalue weighted by Crippen LogP contribution is 2.23. The number of hydrogen-bond donors (Lipinski definition) is 2. The molecule has 25 heavy (non-hydrogen) atoms. The molecule has 7 nitrogen and oxygen atoms in total. The summed E-state index contributed by atoms with van der Waals surface area (Å²) in [6.45, 7) is 1.79. The summed E-state index contributed by atoms with van der Waals surface area (Å²) in [4.78, 5) is 13.8. The highest BCUT2D eigenvalue weighted by molar-refractivity contribution is 7.89. The van der Waals surface area contributed by atoms with Gasteiger partial charge in [-0.1, -0.05) is 30.3 Å². The van der Waals surface area contributed by atoms with Crippen molar-refractivity contribution in [3.8, 4) is 0 Å². The van der Waals surface area contributed by atoms with Crippen molar-refractivity contribution in [3.63, 3.8) is 0 Å². The molecule has 2 aromatic carbocycles. The number of amides is 1. The molecule has 0 saturated carbocycles. The van der Waals surface area contributed by atoms with Crippen molar-refractivity contribution >= 4 is 21.6 Å². The number of benzene rings is 2. The van der Waals surface area contributed by atoms with Gasteiger partial charge in [0.15, 0.2) is 0 Å². The number of anilines is 1. The van der Waals surface area contributed by atoms with Crippen molar-refractivity contribution in [1.29, 1.82) is 0 Å². The number of sulfonamides is 1. The molecule has 1 aliphatic heterocycles. The molecule has 3 rings (SSSR count). The Bertz CT molecular complexity index is 847. The van der Waals surface area contributed by atoms with Gasteiger partial charge >= 0.3 is 0 Å². The molecule has 1 fully saturated rings. The monoisotopic (exact) mass is 361 g/mol. The smallest absolute Gasteiger partial charge is 0.276 e. The van der Waals surface area contributed by atoms with Crippen LogP contribution in [0.5, 0.6) is 0 Å². The molecule has 0 aliphatic carbocycles. The van der Waals surface area contributed by atoms with Gasteiger partial charge in [-0.15, -0.1) is 0 Å². The molecule has 2 aromatic rings. The first-order valence-corrected chi connectivity index (χ1v) is 9.31. The third kappa shape index (κ3) is 3.51. The van der Waals surface area contributed by atoms with Gasteiger partial charge in [0.2, 0.25) is 10.0 Å². The fraction of sp³-hybridized carbons (Fsp3) is 0.235. The Kier molecular flexibility index (Phi) is 5.03. The first-order valence-electron chi connectivity index (χ1n) is 7.87. The summed E-state index contributed by atoms with van der Waals surface area (Å²) >= 11 is 0. The van der Waals surface area contributed by atoms with Crippen LogP contribution in [0.3, 0.4) is 0 Å². The topological polar surface area (TPSA) is 89.9 Å². The average molecular weight is 361 g/mol. The highest BCUT2D eigenvalue weighted by Gasteiger charge is 2.31. The number of carbonyl (C=O) groups is 1. The van der Waals surface area contributed by atoms with Crippen molar-refractivity contribution in [2.24, 2.45) is 0 Å². The van der Waals surface area contributed by atoms with E-state index in [2.05, 4.69) is 4.90 Å². The van der Waals surface area contributed by atoms with E-state index in [1.54, 1.807) is 12.1 Å². The lowest BCUT2D eigenvalue weighted by Gasteiger charge is -2.35. The van der Waals surface area contributed by atoms with E-state index in [1.165, 1.54) is 21.9 Å². The lowest BCUT2D eigenvalue weighted by Crippen LogP contribution is -2.49. The molecule has 0 aromatic heterocycles. The first-order chi connectivity index (χ1) is 12.0. The fourth-order valence-electron chi connectivity index (χ4n) is 2.90. The average Bonchev–Trinajstić information content (AvgIpc) is 2.68. The SMILES string of the molecule is O=C(NO)c1ccccc1S(=O)(=O)N1CCN(c2ccccc2)CC1. The second-order valence-corrected chi connectivity index (χ2v) is 7.57. The standard InChI is InChI=1S/C17H19N3O4S/c21-17(18-22)15-8-4-5-9-16(15)25(23,24)20-12-10-19(11-13-20)14-6-2-1-3-7-14/h1-9,22H,10-13H2,(H,18,21). The van der Waals surface area contributed by atoms with Crippen LogP contribution in [0, 0.1) is 0 Å². The van der Waals surface area contributed by atoms with Gasteiger partial charge in [0.1, 0.15) is 0 Å². The van der Waals surface area contributed by atoms with Crippen molar-refractivity contribution in [3.05, 3.63) is 60.2 Å². The summed E-state index contributed by atoms with van der Waals surface area (Å²) in [7, 11) is -3.82. The van der Waals surface area contributed by atoms with Crippen molar-refractivity contribution in [1.82, 2.24) is 9.79 Å². The van der Waals surface area contributed by atoms with Crippen molar-refractivity contribution < 1.29 is 18.4 Å². The molecular weight excluding hydrogens is 342 g/mol. The molecule has 1 saturated heterocycles. The largest absolute Gasteiger partial charge is 0.369 e. The molecule has 1 aliphatic rings. The summed E-state index contributed by atoms with van der Waals surface area (Å²) < 4.78 is 27.2. The Hall–Kier alpha value is -2.42. The maximum atomic E-state index is 12.9. The van der Waals surface area contributed by atoms with Gasteiger partial charge in [0.25, 0.3) is 5.91 Å². The molecule has 2 N–H and O–H groups in total. The van der Waals surface area contributed by atoms with E-state index in [9.17, 15) is 13.2 Å². The van der Waals surface area contributed by atoms with Gasteiger partial charge < -0.3 is 4.90 Å². The summed E-state index contributed by atoms with van der Waals surface area (Å²) in [5.41, 5.74) is 2.48. The van der Waals surface area contributed by atoms with E-state index in [0.29, 0.717) is 26.2 Å². The summed E-state index contributed by atoms with van der Waals surface area (Å²) in [5.74, 6) is -0.845. The Balaban J connectivity index is 1.80. The van der Waals surface area contributed by atoms with Gasteiger partial charge in [-0.25, -0.2) is 13.9 Å². The molecule has 1 heterocycles. The number of nitrogens with one attached hydrogen (secondary N) is 1. The Morgan fingerprint density at radius 2 is 1.52 bits per heavy atom. The third-order valence-electron chi connectivity index (χ3n) is 4.21. The van der Waals surface area contributed by atoms with Gasteiger partial charge in [-0.3, -0.25) is 10.0 Å². The van der Waals surface area contributed by atoms with Crippen LogP contribution in [0.2, 0.25) is 0 Å². The molecule has 0 spiro atoms. The fourth-order valence-corrected chi connectivity index (χ4v) is 4.52. The minimum absolute atomic E-state index is 0.0736. The lowest BCUT2D eigenvalue weighted by atomic mass is 10.2. The zero-order valence-electron chi connectivity index (χ0n) is 13.5. The van der Waals surface area contributed by atoms with Crippen molar-refractivity contribution in [2.75, 3.05) is 31.1 Å². The predicted molar refractivity (Wildman–Crippen MR) is 93.1 cm³/mol. The van der Waals surface area contributed by atoms with E-state index in [0.717, 1.165) is 5.69 Å². The number of piperazine rings is 1. The van der Waals surface area contributed by atoms with Crippen LogP contribution in [0.25, 0.3) is 0 Å². The highest BCUT2D eigenvalue weighted by atomic mass is 32.2.